The van der Waals surface area contributed by atoms with Gasteiger partial charge in [-0.15, -0.1) is 0 Å². The molecule has 1 aromatic carbocycles. The lowest BCUT2D eigenvalue weighted by atomic mass is 9.84. The zero-order valence-corrected chi connectivity index (χ0v) is 21.6. The average Bonchev–Trinajstić information content (AvgIpc) is 2.89. The van der Waals surface area contributed by atoms with Crippen molar-refractivity contribution < 1.29 is 33.7 Å². The van der Waals surface area contributed by atoms with Crippen LogP contribution in [-0.2, 0) is 23.8 Å². The molecule has 1 aromatic rings. The standard InChI is InChI=1S/C29H40O7/c1-5-6-7-8-22-9-15-26(16-10-22)36-29(33)24-13-11-23(12-14-24)25(18-34-27(31)20(2)3)19-35-28(32)21(4)17-30/h11-14,22,25-26,30H,2,4-10,15-19H2,1,3H3. The number of hydrogen-bond acceptors (Lipinski definition) is 7. The van der Waals surface area contributed by atoms with E-state index in [0.29, 0.717) is 5.56 Å². The van der Waals surface area contributed by atoms with Crippen molar-refractivity contribution in [3.63, 3.8) is 0 Å². The summed E-state index contributed by atoms with van der Waals surface area (Å²) in [6.45, 7) is 10.1. The molecule has 1 aliphatic carbocycles. The van der Waals surface area contributed by atoms with E-state index in [2.05, 4.69) is 20.1 Å². The minimum Gasteiger partial charge on any atom is -0.462 e. The fourth-order valence-corrected chi connectivity index (χ4v) is 4.22. The monoisotopic (exact) mass is 500 g/mol. The van der Waals surface area contributed by atoms with Gasteiger partial charge in [-0.05, 0) is 56.2 Å². The summed E-state index contributed by atoms with van der Waals surface area (Å²) >= 11 is 0. The van der Waals surface area contributed by atoms with Crippen molar-refractivity contribution in [3.05, 3.63) is 59.7 Å². The second-order valence-corrected chi connectivity index (χ2v) is 9.60. The highest BCUT2D eigenvalue weighted by molar-refractivity contribution is 5.89. The van der Waals surface area contributed by atoms with Crippen LogP contribution in [0.1, 0.15) is 87.1 Å². The number of benzene rings is 1. The Kier molecular flexibility index (Phi) is 12.4. The molecule has 7 nitrogen and oxygen atoms in total. The molecule has 1 saturated carbocycles. The summed E-state index contributed by atoms with van der Waals surface area (Å²) in [6.07, 6.45) is 9.03. The first-order valence-corrected chi connectivity index (χ1v) is 12.8. The molecule has 1 unspecified atom stereocenters. The first-order chi connectivity index (χ1) is 17.2. The van der Waals surface area contributed by atoms with Gasteiger partial charge in [0.25, 0.3) is 0 Å². The van der Waals surface area contributed by atoms with Crippen LogP contribution in [-0.4, -0.2) is 48.9 Å². The van der Waals surface area contributed by atoms with Crippen LogP contribution in [0.4, 0.5) is 0 Å². The normalized spacial score (nSPS) is 18.1. The van der Waals surface area contributed by atoms with Crippen molar-refractivity contribution in [3.8, 4) is 0 Å². The summed E-state index contributed by atoms with van der Waals surface area (Å²) in [5.74, 6) is -1.37. The van der Waals surface area contributed by atoms with Gasteiger partial charge < -0.3 is 19.3 Å². The molecule has 0 radical (unpaired) electrons. The molecule has 0 aliphatic heterocycles. The molecule has 36 heavy (non-hydrogen) atoms. The van der Waals surface area contributed by atoms with E-state index in [0.717, 1.165) is 37.2 Å². The van der Waals surface area contributed by atoms with Gasteiger partial charge in [0.15, 0.2) is 0 Å². The molecule has 2 rings (SSSR count). The smallest absolute Gasteiger partial charge is 0.338 e. The Bertz CT molecular complexity index is 895. The second kappa shape index (κ2) is 15.2. The van der Waals surface area contributed by atoms with Crippen molar-refractivity contribution in [2.45, 2.75) is 77.2 Å². The highest BCUT2D eigenvalue weighted by Gasteiger charge is 2.25. The molecule has 198 valence electrons. The van der Waals surface area contributed by atoms with E-state index < -0.39 is 24.5 Å². The van der Waals surface area contributed by atoms with Gasteiger partial charge in [-0.25, -0.2) is 14.4 Å². The van der Waals surface area contributed by atoms with E-state index in [1.54, 1.807) is 31.2 Å². The molecule has 7 heteroatoms. The zero-order chi connectivity index (χ0) is 26.5. The summed E-state index contributed by atoms with van der Waals surface area (Å²) in [6, 6.07) is 6.79. The van der Waals surface area contributed by atoms with Gasteiger partial charge in [0.1, 0.15) is 19.3 Å². The zero-order valence-electron chi connectivity index (χ0n) is 21.6. The summed E-state index contributed by atoms with van der Waals surface area (Å²) < 4.78 is 16.2. The van der Waals surface area contributed by atoms with Gasteiger partial charge >= 0.3 is 17.9 Å². The third-order valence-electron chi connectivity index (χ3n) is 6.56. The van der Waals surface area contributed by atoms with Crippen LogP contribution >= 0.6 is 0 Å². The first-order valence-electron chi connectivity index (χ1n) is 12.8. The van der Waals surface area contributed by atoms with Gasteiger partial charge in [0.05, 0.1) is 23.7 Å². The SMILES string of the molecule is C=C(C)C(=O)OCC(COC(=O)C(=C)CO)c1ccc(C(=O)OC2CCC(CCCCC)CC2)cc1. The molecule has 0 saturated heterocycles. The van der Waals surface area contributed by atoms with Gasteiger partial charge in [-0.2, -0.15) is 0 Å². The Hall–Kier alpha value is -2.93. The molecule has 0 bridgehead atoms. The van der Waals surface area contributed by atoms with E-state index in [1.807, 2.05) is 0 Å². The van der Waals surface area contributed by atoms with E-state index in [1.165, 1.54) is 25.7 Å². The molecule has 1 aliphatic rings. The number of unbranched alkanes of at least 4 members (excludes halogenated alkanes) is 2. The Balaban J connectivity index is 1.95. The first kappa shape index (κ1) is 29.3. The van der Waals surface area contributed by atoms with Crippen molar-refractivity contribution in [2.24, 2.45) is 5.92 Å². The maximum Gasteiger partial charge on any atom is 0.338 e. The van der Waals surface area contributed by atoms with Gasteiger partial charge in [-0.1, -0.05) is 57.9 Å². The predicted molar refractivity (Wildman–Crippen MR) is 137 cm³/mol. The van der Waals surface area contributed by atoms with Crippen molar-refractivity contribution >= 4 is 17.9 Å². The number of rotatable bonds is 14. The Morgan fingerprint density at radius 3 is 2.14 bits per heavy atom. The third-order valence-corrected chi connectivity index (χ3v) is 6.56. The van der Waals surface area contributed by atoms with Gasteiger partial charge in [0, 0.05) is 5.57 Å². The average molecular weight is 501 g/mol. The number of carbonyl (C=O) groups excluding carboxylic acids is 3. The molecule has 1 fully saturated rings. The topological polar surface area (TPSA) is 99.1 Å². The molecule has 1 N–H and O–H groups in total. The third kappa shape index (κ3) is 9.61. The molecular formula is C29H40O7. The molecule has 0 spiro atoms. The van der Waals surface area contributed by atoms with Crippen LogP contribution in [0.2, 0.25) is 0 Å². The van der Waals surface area contributed by atoms with Crippen LogP contribution in [0.5, 0.6) is 0 Å². The maximum absolute atomic E-state index is 12.7. The highest BCUT2D eigenvalue weighted by atomic mass is 16.6. The summed E-state index contributed by atoms with van der Waals surface area (Å²) in [5.41, 5.74) is 1.34. The quantitative estimate of drug-likeness (QED) is 0.161. The van der Waals surface area contributed by atoms with Crippen LogP contribution in [0.3, 0.4) is 0 Å². The van der Waals surface area contributed by atoms with Gasteiger partial charge in [-0.3, -0.25) is 0 Å². The van der Waals surface area contributed by atoms with Crippen LogP contribution in [0.25, 0.3) is 0 Å². The van der Waals surface area contributed by atoms with Gasteiger partial charge in [0.2, 0.25) is 0 Å². The fourth-order valence-electron chi connectivity index (χ4n) is 4.22. The van der Waals surface area contributed by atoms with Crippen molar-refractivity contribution in [2.75, 3.05) is 19.8 Å². The minimum atomic E-state index is -0.728. The van der Waals surface area contributed by atoms with Crippen LogP contribution < -0.4 is 0 Å². The highest BCUT2D eigenvalue weighted by Crippen LogP contribution is 2.30. The lowest BCUT2D eigenvalue weighted by Gasteiger charge is -2.28. The van der Waals surface area contributed by atoms with E-state index in [-0.39, 0.29) is 36.4 Å². The summed E-state index contributed by atoms with van der Waals surface area (Å²) in [7, 11) is 0. The van der Waals surface area contributed by atoms with E-state index >= 15 is 0 Å². The molecule has 0 aromatic heterocycles. The second-order valence-electron chi connectivity index (χ2n) is 9.60. The number of esters is 3. The Morgan fingerprint density at radius 2 is 1.58 bits per heavy atom. The molecule has 0 heterocycles. The maximum atomic E-state index is 12.7. The lowest BCUT2D eigenvalue weighted by molar-refractivity contribution is -0.142. The predicted octanol–water partition coefficient (Wildman–Crippen LogP) is 5.28. The Morgan fingerprint density at radius 1 is 0.972 bits per heavy atom. The van der Waals surface area contributed by atoms with E-state index in [9.17, 15) is 14.4 Å². The number of aliphatic hydroxyl groups is 1. The van der Waals surface area contributed by atoms with Crippen molar-refractivity contribution in [1.82, 2.24) is 0 Å². The molecule has 1 atom stereocenters. The van der Waals surface area contributed by atoms with E-state index in [4.69, 9.17) is 19.3 Å². The number of aliphatic hydroxyl groups excluding tert-OH is 1. The van der Waals surface area contributed by atoms with Crippen molar-refractivity contribution in [1.29, 1.82) is 0 Å². The number of hydrogen-bond donors (Lipinski definition) is 1. The number of carbonyl (C=O) groups is 3. The molecule has 0 amide bonds. The van der Waals surface area contributed by atoms with Crippen LogP contribution in [0, 0.1) is 5.92 Å². The number of ether oxygens (including phenoxy) is 3. The van der Waals surface area contributed by atoms with Crippen LogP contribution in [0.15, 0.2) is 48.6 Å². The minimum absolute atomic E-state index is 0.0458. The largest absolute Gasteiger partial charge is 0.462 e. The molecular weight excluding hydrogens is 460 g/mol. The summed E-state index contributed by atoms with van der Waals surface area (Å²) in [4.78, 5) is 36.5. The lowest BCUT2D eigenvalue weighted by Crippen LogP contribution is -2.24. The fraction of sp³-hybridized carbons (Fsp3) is 0.552. The Labute approximate surface area is 214 Å². The summed E-state index contributed by atoms with van der Waals surface area (Å²) in [5, 5.41) is 9.06.